The molecule has 7 nitrogen and oxygen atoms in total. The molecule has 0 radical (unpaired) electrons. The number of carbonyl (C=O) groups excluding carboxylic acids is 1. The Morgan fingerprint density at radius 3 is 2.89 bits per heavy atom. The third kappa shape index (κ3) is 2.15. The summed E-state index contributed by atoms with van der Waals surface area (Å²) in [6.07, 6.45) is 1.67. The molecule has 0 unspecified atom stereocenters. The van der Waals surface area contributed by atoms with E-state index >= 15 is 0 Å². The molecule has 98 valence electrons. The molecule has 0 bridgehead atoms. The highest BCUT2D eigenvalue weighted by Gasteiger charge is 2.29. The van der Waals surface area contributed by atoms with Crippen molar-refractivity contribution >= 4 is 23.4 Å². The molecule has 0 saturated carbocycles. The Morgan fingerprint density at radius 1 is 1.56 bits per heavy atom. The zero-order valence-corrected chi connectivity index (χ0v) is 10.4. The first-order valence-corrected chi connectivity index (χ1v) is 5.85. The van der Waals surface area contributed by atoms with Gasteiger partial charge in [-0.1, -0.05) is 13.3 Å². The maximum atomic E-state index is 11.6. The highest BCUT2D eigenvalue weighted by atomic mass is 16.4. The van der Waals surface area contributed by atoms with Crippen molar-refractivity contribution in [3.63, 3.8) is 0 Å². The summed E-state index contributed by atoms with van der Waals surface area (Å²) in [6.45, 7) is 1.87. The number of aryl methyl sites for hydroxylation is 2. The topological polar surface area (TPSA) is 87.5 Å². The van der Waals surface area contributed by atoms with Crippen LogP contribution in [0.25, 0.3) is 0 Å². The minimum absolute atomic E-state index is 0.0460. The van der Waals surface area contributed by atoms with Gasteiger partial charge >= 0.3 is 5.97 Å². The first-order chi connectivity index (χ1) is 8.52. The van der Waals surface area contributed by atoms with Crippen molar-refractivity contribution < 1.29 is 14.7 Å². The summed E-state index contributed by atoms with van der Waals surface area (Å²) in [7, 11) is 1.75. The van der Waals surface area contributed by atoms with Gasteiger partial charge in [0.25, 0.3) is 0 Å². The molecular formula is C11H16N4O3. The molecule has 1 aromatic rings. The highest BCUT2D eigenvalue weighted by molar-refractivity contribution is 6.02. The first kappa shape index (κ1) is 12.4. The van der Waals surface area contributed by atoms with Crippen LogP contribution >= 0.6 is 0 Å². The van der Waals surface area contributed by atoms with E-state index in [1.807, 2.05) is 6.92 Å². The van der Waals surface area contributed by atoms with E-state index in [1.165, 1.54) is 4.90 Å². The Kier molecular flexibility index (Phi) is 3.22. The summed E-state index contributed by atoms with van der Waals surface area (Å²) >= 11 is 0. The summed E-state index contributed by atoms with van der Waals surface area (Å²) in [5.41, 5.74) is 1.45. The van der Waals surface area contributed by atoms with Crippen LogP contribution in [0.5, 0.6) is 0 Å². The average molecular weight is 252 g/mol. The van der Waals surface area contributed by atoms with Crippen LogP contribution < -0.4 is 10.2 Å². The molecule has 2 rings (SSSR count). The number of carboxylic acid groups (broad SMARTS) is 1. The zero-order chi connectivity index (χ0) is 13.3. The summed E-state index contributed by atoms with van der Waals surface area (Å²) < 4.78 is 1.63. The number of hydrogen-bond donors (Lipinski definition) is 2. The van der Waals surface area contributed by atoms with Crippen molar-refractivity contribution in [1.82, 2.24) is 9.78 Å². The minimum Gasteiger partial charge on any atom is -0.480 e. The van der Waals surface area contributed by atoms with E-state index in [1.54, 1.807) is 11.7 Å². The standard InChI is InChI=1S/C11H16N4O3/c1-3-4-7-10-11(14(2)13-7)15(6-9(17)18)5-8(16)12-10/h3-6H2,1-2H3,(H,12,16)(H,17,18). The van der Waals surface area contributed by atoms with E-state index in [0.29, 0.717) is 11.5 Å². The predicted octanol–water partition coefficient (Wildman–Crippen LogP) is 0.216. The predicted molar refractivity (Wildman–Crippen MR) is 65.7 cm³/mol. The molecule has 0 saturated heterocycles. The summed E-state index contributed by atoms with van der Waals surface area (Å²) in [5.74, 6) is -0.497. The van der Waals surface area contributed by atoms with E-state index in [2.05, 4.69) is 10.4 Å². The maximum absolute atomic E-state index is 11.6. The molecule has 1 aromatic heterocycles. The average Bonchev–Trinajstić information content (AvgIpc) is 2.55. The quantitative estimate of drug-likeness (QED) is 0.800. The number of nitrogens with one attached hydrogen (secondary N) is 1. The number of carboxylic acids is 1. The third-order valence-corrected chi connectivity index (χ3v) is 2.80. The summed E-state index contributed by atoms with van der Waals surface area (Å²) in [6, 6.07) is 0. The number of hydrogen-bond acceptors (Lipinski definition) is 4. The number of fused-ring (bicyclic) bond motifs is 1. The molecule has 0 atom stereocenters. The van der Waals surface area contributed by atoms with Gasteiger partial charge in [0, 0.05) is 7.05 Å². The van der Waals surface area contributed by atoms with Crippen LogP contribution in [0.4, 0.5) is 11.5 Å². The maximum Gasteiger partial charge on any atom is 0.323 e. The van der Waals surface area contributed by atoms with Crippen LogP contribution in [0.3, 0.4) is 0 Å². The third-order valence-electron chi connectivity index (χ3n) is 2.80. The van der Waals surface area contributed by atoms with Gasteiger partial charge in [-0.05, 0) is 6.42 Å². The molecule has 0 aliphatic carbocycles. The normalized spacial score (nSPS) is 14.3. The van der Waals surface area contributed by atoms with Gasteiger partial charge in [-0.3, -0.25) is 14.3 Å². The van der Waals surface area contributed by atoms with Crippen molar-refractivity contribution in [2.75, 3.05) is 23.3 Å². The summed E-state index contributed by atoms with van der Waals surface area (Å²) in [5, 5.41) is 16.0. The molecule has 2 heterocycles. The van der Waals surface area contributed by atoms with Crippen LogP contribution in [0.1, 0.15) is 19.0 Å². The molecule has 2 N–H and O–H groups in total. The molecule has 0 aromatic carbocycles. The van der Waals surface area contributed by atoms with Gasteiger partial charge in [0.05, 0.1) is 12.2 Å². The van der Waals surface area contributed by atoms with Gasteiger partial charge in [-0.25, -0.2) is 0 Å². The van der Waals surface area contributed by atoms with Crippen molar-refractivity contribution in [1.29, 1.82) is 0 Å². The van der Waals surface area contributed by atoms with Gasteiger partial charge in [0.15, 0.2) is 5.82 Å². The lowest BCUT2D eigenvalue weighted by molar-refractivity contribution is -0.135. The number of carbonyl (C=O) groups is 2. The smallest absolute Gasteiger partial charge is 0.323 e. The van der Waals surface area contributed by atoms with E-state index < -0.39 is 5.97 Å². The highest BCUT2D eigenvalue weighted by Crippen LogP contribution is 2.32. The Labute approximate surface area is 104 Å². The zero-order valence-electron chi connectivity index (χ0n) is 10.4. The Bertz CT molecular complexity index is 495. The van der Waals surface area contributed by atoms with E-state index in [9.17, 15) is 9.59 Å². The Hall–Kier alpha value is -2.05. The minimum atomic E-state index is -0.964. The molecular weight excluding hydrogens is 236 g/mol. The Balaban J connectivity index is 2.41. The van der Waals surface area contributed by atoms with E-state index in [4.69, 9.17) is 5.11 Å². The van der Waals surface area contributed by atoms with Gasteiger partial charge in [-0.2, -0.15) is 5.10 Å². The van der Waals surface area contributed by atoms with Crippen molar-refractivity contribution in [3.8, 4) is 0 Å². The number of rotatable bonds is 4. The van der Waals surface area contributed by atoms with Crippen LogP contribution in [0.2, 0.25) is 0 Å². The van der Waals surface area contributed by atoms with Gasteiger partial charge in [-0.15, -0.1) is 0 Å². The van der Waals surface area contributed by atoms with Crippen molar-refractivity contribution in [2.45, 2.75) is 19.8 Å². The largest absolute Gasteiger partial charge is 0.480 e. The van der Waals surface area contributed by atoms with Gasteiger partial charge in [0.1, 0.15) is 12.2 Å². The van der Waals surface area contributed by atoms with Crippen molar-refractivity contribution in [3.05, 3.63) is 5.69 Å². The molecule has 1 amide bonds. The number of amides is 1. The fraction of sp³-hybridized carbons (Fsp3) is 0.545. The second kappa shape index (κ2) is 4.67. The molecule has 18 heavy (non-hydrogen) atoms. The number of anilines is 2. The lowest BCUT2D eigenvalue weighted by atomic mass is 10.2. The number of aliphatic carboxylic acids is 1. The van der Waals surface area contributed by atoms with Crippen molar-refractivity contribution in [2.24, 2.45) is 7.05 Å². The lowest BCUT2D eigenvalue weighted by Gasteiger charge is -2.27. The molecule has 0 fully saturated rings. The van der Waals surface area contributed by atoms with Gasteiger partial charge < -0.3 is 15.3 Å². The van der Waals surface area contributed by atoms with Crippen LogP contribution in [0.15, 0.2) is 0 Å². The Morgan fingerprint density at radius 2 is 2.28 bits per heavy atom. The molecule has 1 aliphatic heterocycles. The lowest BCUT2D eigenvalue weighted by Crippen LogP contribution is -2.41. The monoisotopic (exact) mass is 252 g/mol. The SMILES string of the molecule is CCCc1nn(C)c2c1NC(=O)CN2CC(=O)O. The number of nitrogens with zero attached hydrogens (tertiary/aromatic N) is 3. The second-order valence-corrected chi connectivity index (χ2v) is 4.32. The number of aromatic nitrogens is 2. The van der Waals surface area contributed by atoms with E-state index in [0.717, 1.165) is 18.5 Å². The molecule has 1 aliphatic rings. The van der Waals surface area contributed by atoms with Crippen LogP contribution in [-0.4, -0.2) is 39.9 Å². The van der Waals surface area contributed by atoms with Gasteiger partial charge in [0.2, 0.25) is 5.91 Å². The van der Waals surface area contributed by atoms with Crippen LogP contribution in [-0.2, 0) is 23.1 Å². The molecule has 7 heteroatoms. The van der Waals surface area contributed by atoms with E-state index in [-0.39, 0.29) is 19.0 Å². The van der Waals surface area contributed by atoms with Crippen LogP contribution in [0, 0.1) is 0 Å². The summed E-state index contributed by atoms with van der Waals surface area (Å²) in [4.78, 5) is 24.0. The fourth-order valence-electron chi connectivity index (χ4n) is 2.19. The molecule has 0 spiro atoms. The fourth-order valence-corrected chi connectivity index (χ4v) is 2.19. The second-order valence-electron chi connectivity index (χ2n) is 4.32. The first-order valence-electron chi connectivity index (χ1n) is 5.85.